The summed E-state index contributed by atoms with van der Waals surface area (Å²) in [5, 5.41) is 0. The predicted octanol–water partition coefficient (Wildman–Crippen LogP) is 1.25. The first-order chi connectivity index (χ1) is 10.2. The van der Waals surface area contributed by atoms with Gasteiger partial charge in [0.25, 0.3) is 0 Å². The molecule has 0 spiro atoms. The second kappa shape index (κ2) is 7.43. The molecule has 1 fully saturated rings. The third-order valence-electron chi connectivity index (χ3n) is 4.17. The Bertz CT molecular complexity index is 453. The minimum atomic E-state index is 0.175. The molecule has 5 nitrogen and oxygen atoms in total. The van der Waals surface area contributed by atoms with Crippen LogP contribution < -0.4 is 10.5 Å². The number of hydrogen-bond acceptors (Lipinski definition) is 4. The summed E-state index contributed by atoms with van der Waals surface area (Å²) in [6.45, 7) is 6.03. The van der Waals surface area contributed by atoms with E-state index in [-0.39, 0.29) is 5.91 Å². The van der Waals surface area contributed by atoms with Crippen molar-refractivity contribution >= 4 is 5.91 Å². The fourth-order valence-electron chi connectivity index (χ4n) is 2.73. The number of hydrogen-bond donors (Lipinski definition) is 1. The standard InChI is InChI=1S/C16H25N3O2/c1-13(14-3-5-15(21-2)6-4-14)18-9-11-19(12-10-18)16(20)7-8-17/h3-6,13H,7-12,17H2,1-2H3. The van der Waals surface area contributed by atoms with Gasteiger partial charge in [0.15, 0.2) is 0 Å². The Balaban J connectivity index is 1.90. The van der Waals surface area contributed by atoms with Gasteiger partial charge in [0.2, 0.25) is 5.91 Å². The van der Waals surface area contributed by atoms with Gasteiger partial charge in [-0.1, -0.05) is 12.1 Å². The van der Waals surface area contributed by atoms with Gasteiger partial charge in [0.05, 0.1) is 7.11 Å². The van der Waals surface area contributed by atoms with Crippen molar-refractivity contribution < 1.29 is 9.53 Å². The van der Waals surface area contributed by atoms with Gasteiger partial charge in [0, 0.05) is 45.2 Å². The van der Waals surface area contributed by atoms with E-state index in [2.05, 4.69) is 24.0 Å². The van der Waals surface area contributed by atoms with Crippen LogP contribution in [-0.2, 0) is 4.79 Å². The molecule has 5 heteroatoms. The van der Waals surface area contributed by atoms with Crippen molar-refractivity contribution in [2.75, 3.05) is 39.8 Å². The molecule has 0 bridgehead atoms. The number of carbonyl (C=O) groups is 1. The number of carbonyl (C=O) groups excluding carboxylic acids is 1. The SMILES string of the molecule is COc1ccc(C(C)N2CCN(C(=O)CCN)CC2)cc1. The van der Waals surface area contributed by atoms with Crippen LogP contribution in [-0.4, -0.2) is 55.5 Å². The number of rotatable bonds is 5. The highest BCUT2D eigenvalue weighted by Gasteiger charge is 2.24. The number of amides is 1. The highest BCUT2D eigenvalue weighted by molar-refractivity contribution is 5.76. The van der Waals surface area contributed by atoms with Crippen LogP contribution in [0.5, 0.6) is 5.75 Å². The lowest BCUT2D eigenvalue weighted by atomic mass is 10.1. The summed E-state index contributed by atoms with van der Waals surface area (Å²) in [5.41, 5.74) is 6.72. The Hall–Kier alpha value is -1.59. The van der Waals surface area contributed by atoms with E-state index in [1.54, 1.807) is 7.11 Å². The van der Waals surface area contributed by atoms with Gasteiger partial charge >= 0.3 is 0 Å². The van der Waals surface area contributed by atoms with Crippen molar-refractivity contribution in [1.29, 1.82) is 0 Å². The van der Waals surface area contributed by atoms with Crippen LogP contribution in [0.15, 0.2) is 24.3 Å². The monoisotopic (exact) mass is 291 g/mol. The predicted molar refractivity (Wildman–Crippen MR) is 83.2 cm³/mol. The summed E-state index contributed by atoms with van der Waals surface area (Å²) in [6.07, 6.45) is 0.452. The molecule has 21 heavy (non-hydrogen) atoms. The molecule has 0 aliphatic carbocycles. The molecule has 1 aliphatic rings. The fourth-order valence-corrected chi connectivity index (χ4v) is 2.73. The third-order valence-corrected chi connectivity index (χ3v) is 4.17. The molecule has 1 saturated heterocycles. The Morgan fingerprint density at radius 3 is 2.38 bits per heavy atom. The second-order valence-electron chi connectivity index (χ2n) is 5.40. The van der Waals surface area contributed by atoms with Gasteiger partial charge in [0.1, 0.15) is 5.75 Å². The van der Waals surface area contributed by atoms with E-state index in [0.717, 1.165) is 31.9 Å². The van der Waals surface area contributed by atoms with Gasteiger partial charge in [-0.3, -0.25) is 9.69 Å². The van der Waals surface area contributed by atoms with Crippen LogP contribution in [0.2, 0.25) is 0 Å². The zero-order valence-corrected chi connectivity index (χ0v) is 12.9. The molecule has 1 aliphatic heterocycles. The van der Waals surface area contributed by atoms with E-state index in [1.807, 2.05) is 17.0 Å². The van der Waals surface area contributed by atoms with Crippen molar-refractivity contribution in [3.8, 4) is 5.75 Å². The fraction of sp³-hybridized carbons (Fsp3) is 0.562. The number of nitrogens with two attached hydrogens (primary N) is 1. The van der Waals surface area contributed by atoms with E-state index in [9.17, 15) is 4.79 Å². The van der Waals surface area contributed by atoms with Crippen molar-refractivity contribution in [3.63, 3.8) is 0 Å². The first-order valence-electron chi connectivity index (χ1n) is 7.51. The largest absolute Gasteiger partial charge is 0.497 e. The van der Waals surface area contributed by atoms with Crippen LogP contribution in [0.4, 0.5) is 0 Å². The lowest BCUT2D eigenvalue weighted by Gasteiger charge is -2.38. The average molecular weight is 291 g/mol. The smallest absolute Gasteiger partial charge is 0.223 e. The number of ether oxygens (including phenoxy) is 1. The first kappa shape index (κ1) is 15.8. The van der Waals surface area contributed by atoms with Gasteiger partial charge in [-0.15, -0.1) is 0 Å². The number of methoxy groups -OCH3 is 1. The molecule has 2 rings (SSSR count). The maximum Gasteiger partial charge on any atom is 0.223 e. The topological polar surface area (TPSA) is 58.8 Å². The van der Waals surface area contributed by atoms with Crippen molar-refractivity contribution in [2.24, 2.45) is 5.73 Å². The Labute approximate surface area is 126 Å². The van der Waals surface area contributed by atoms with Gasteiger partial charge < -0.3 is 15.4 Å². The van der Waals surface area contributed by atoms with Crippen LogP contribution in [0.3, 0.4) is 0 Å². The Kier molecular flexibility index (Phi) is 5.59. The van der Waals surface area contributed by atoms with Crippen molar-refractivity contribution in [1.82, 2.24) is 9.80 Å². The van der Waals surface area contributed by atoms with Gasteiger partial charge in [-0.2, -0.15) is 0 Å². The van der Waals surface area contributed by atoms with E-state index in [0.29, 0.717) is 19.0 Å². The van der Waals surface area contributed by atoms with E-state index in [1.165, 1.54) is 5.56 Å². The highest BCUT2D eigenvalue weighted by Crippen LogP contribution is 2.23. The molecular formula is C16H25N3O2. The lowest BCUT2D eigenvalue weighted by molar-refractivity contribution is -0.133. The minimum Gasteiger partial charge on any atom is -0.497 e. The number of piperazine rings is 1. The van der Waals surface area contributed by atoms with E-state index in [4.69, 9.17) is 10.5 Å². The highest BCUT2D eigenvalue weighted by atomic mass is 16.5. The Morgan fingerprint density at radius 2 is 1.86 bits per heavy atom. The summed E-state index contributed by atoms with van der Waals surface area (Å²) in [4.78, 5) is 16.2. The normalized spacial score (nSPS) is 17.6. The molecule has 0 saturated carbocycles. The first-order valence-corrected chi connectivity index (χ1v) is 7.51. The van der Waals surface area contributed by atoms with Gasteiger partial charge in [-0.25, -0.2) is 0 Å². The average Bonchev–Trinajstić information content (AvgIpc) is 2.54. The maximum absolute atomic E-state index is 11.8. The van der Waals surface area contributed by atoms with Crippen LogP contribution in [0, 0.1) is 0 Å². The third kappa shape index (κ3) is 3.95. The molecule has 116 valence electrons. The van der Waals surface area contributed by atoms with E-state index < -0.39 is 0 Å². The molecule has 0 aromatic heterocycles. The van der Waals surface area contributed by atoms with E-state index >= 15 is 0 Å². The number of nitrogens with zero attached hydrogens (tertiary/aromatic N) is 2. The summed E-state index contributed by atoms with van der Waals surface area (Å²) >= 11 is 0. The van der Waals surface area contributed by atoms with Crippen molar-refractivity contribution in [2.45, 2.75) is 19.4 Å². The lowest BCUT2D eigenvalue weighted by Crippen LogP contribution is -2.49. The molecule has 0 radical (unpaired) electrons. The summed E-state index contributed by atoms with van der Waals surface area (Å²) in [7, 11) is 1.68. The molecular weight excluding hydrogens is 266 g/mol. The van der Waals surface area contributed by atoms with Crippen LogP contribution in [0.25, 0.3) is 0 Å². The molecule has 1 aromatic rings. The molecule has 2 N–H and O–H groups in total. The summed E-state index contributed by atoms with van der Waals surface area (Å²) in [6, 6.07) is 8.55. The van der Waals surface area contributed by atoms with Crippen molar-refractivity contribution in [3.05, 3.63) is 29.8 Å². The molecule has 1 unspecified atom stereocenters. The zero-order chi connectivity index (χ0) is 15.2. The summed E-state index contributed by atoms with van der Waals surface area (Å²) < 4.78 is 5.19. The Morgan fingerprint density at radius 1 is 1.24 bits per heavy atom. The molecule has 1 amide bonds. The van der Waals surface area contributed by atoms with Gasteiger partial charge in [-0.05, 0) is 24.6 Å². The number of benzene rings is 1. The quantitative estimate of drug-likeness (QED) is 0.887. The minimum absolute atomic E-state index is 0.175. The molecule has 1 heterocycles. The second-order valence-corrected chi connectivity index (χ2v) is 5.40. The molecule has 1 aromatic carbocycles. The summed E-state index contributed by atoms with van der Waals surface area (Å²) in [5.74, 6) is 1.05. The van der Waals surface area contributed by atoms with Crippen LogP contribution in [0.1, 0.15) is 24.9 Å². The van der Waals surface area contributed by atoms with Crippen LogP contribution >= 0.6 is 0 Å². The zero-order valence-electron chi connectivity index (χ0n) is 12.9. The molecule has 1 atom stereocenters. The maximum atomic E-state index is 11.8.